The summed E-state index contributed by atoms with van der Waals surface area (Å²) in [5, 5.41) is 2.71. The first kappa shape index (κ1) is 24.6. The van der Waals surface area contributed by atoms with Crippen LogP contribution in [-0.2, 0) is 18.1 Å². The van der Waals surface area contributed by atoms with Gasteiger partial charge >= 0.3 is 12.4 Å². The minimum absolute atomic E-state index is 0.00154. The van der Waals surface area contributed by atoms with Crippen LogP contribution >= 0.6 is 11.8 Å². The van der Waals surface area contributed by atoms with Gasteiger partial charge in [0, 0.05) is 28.4 Å². The van der Waals surface area contributed by atoms with Crippen molar-refractivity contribution in [1.82, 2.24) is 9.97 Å². The molecule has 0 spiro atoms. The van der Waals surface area contributed by atoms with Gasteiger partial charge in [0.15, 0.2) is 5.16 Å². The number of hydrogen-bond donors (Lipinski definition) is 1. The lowest BCUT2D eigenvalue weighted by atomic mass is 10.1. The van der Waals surface area contributed by atoms with Crippen LogP contribution in [0.2, 0.25) is 0 Å². The fourth-order valence-corrected chi connectivity index (χ4v) is 3.79. The molecule has 0 bridgehead atoms. The van der Waals surface area contributed by atoms with E-state index in [4.69, 9.17) is 0 Å². The van der Waals surface area contributed by atoms with Gasteiger partial charge in [-0.3, -0.25) is 4.79 Å². The first-order valence-corrected chi connectivity index (χ1v) is 10.4. The highest BCUT2D eigenvalue weighted by Crippen LogP contribution is 2.37. The van der Waals surface area contributed by atoms with Crippen molar-refractivity contribution in [2.45, 2.75) is 37.1 Å². The first-order valence-electron chi connectivity index (χ1n) is 9.46. The van der Waals surface area contributed by atoms with Gasteiger partial charge in [0.25, 0.3) is 5.91 Å². The third-order valence-corrected chi connectivity index (χ3v) is 5.31. The maximum Gasteiger partial charge on any atom is 0.416 e. The number of aromatic nitrogens is 2. The molecule has 0 fully saturated rings. The van der Waals surface area contributed by atoms with Crippen molar-refractivity contribution in [2.24, 2.45) is 0 Å². The van der Waals surface area contributed by atoms with Crippen molar-refractivity contribution in [3.05, 3.63) is 82.2 Å². The Bertz CT molecular complexity index is 1110. The predicted molar refractivity (Wildman–Crippen MR) is 112 cm³/mol. The lowest BCUT2D eigenvalue weighted by Gasteiger charge is -2.15. The second-order valence-electron chi connectivity index (χ2n) is 7.17. The molecule has 0 radical (unpaired) electrons. The number of hydrogen-bond acceptors (Lipinski definition) is 4. The number of benzene rings is 2. The van der Waals surface area contributed by atoms with E-state index in [0.717, 1.165) is 17.0 Å². The summed E-state index contributed by atoms with van der Waals surface area (Å²) in [7, 11) is 0. The summed E-state index contributed by atoms with van der Waals surface area (Å²) in [5.74, 6) is -0.327. The lowest BCUT2D eigenvalue weighted by Crippen LogP contribution is -2.16. The van der Waals surface area contributed by atoms with Gasteiger partial charge in [-0.05, 0) is 55.8 Å². The van der Waals surface area contributed by atoms with Gasteiger partial charge in [-0.15, -0.1) is 0 Å². The molecule has 0 saturated carbocycles. The zero-order valence-corrected chi connectivity index (χ0v) is 18.1. The van der Waals surface area contributed by atoms with Crippen molar-refractivity contribution in [3.8, 4) is 0 Å². The maximum atomic E-state index is 13.0. The second-order valence-corrected chi connectivity index (χ2v) is 8.11. The minimum Gasteiger partial charge on any atom is -0.322 e. The molecule has 0 atom stereocenters. The maximum absolute atomic E-state index is 13.0. The summed E-state index contributed by atoms with van der Waals surface area (Å²) >= 11 is 1.39. The molecule has 0 aliphatic carbocycles. The molecule has 0 aliphatic heterocycles. The summed E-state index contributed by atoms with van der Waals surface area (Å²) in [6, 6.07) is 8.92. The second kappa shape index (κ2) is 9.42. The van der Waals surface area contributed by atoms with Gasteiger partial charge in [-0.25, -0.2) is 9.97 Å². The van der Waals surface area contributed by atoms with Crippen molar-refractivity contribution in [3.63, 3.8) is 0 Å². The van der Waals surface area contributed by atoms with Crippen molar-refractivity contribution in [2.75, 3.05) is 5.32 Å². The van der Waals surface area contributed by atoms with Gasteiger partial charge in [0.1, 0.15) is 0 Å². The number of alkyl halides is 6. The quantitative estimate of drug-likeness (QED) is 0.249. The Labute approximate surface area is 189 Å². The van der Waals surface area contributed by atoms with Gasteiger partial charge in [0.2, 0.25) is 0 Å². The molecule has 3 rings (SSSR count). The van der Waals surface area contributed by atoms with Crippen molar-refractivity contribution < 1.29 is 31.1 Å². The van der Waals surface area contributed by atoms with Crippen LogP contribution in [0.15, 0.2) is 53.7 Å². The SMILES string of the molecule is Cc1cc(C)nc(SCc2ccc(C(=O)Nc3cc(C(F)(F)F)cc(C(F)(F)F)c3)cc2)n1. The normalized spacial score (nSPS) is 12.0. The van der Waals surface area contributed by atoms with Crippen LogP contribution in [0.4, 0.5) is 32.0 Å². The molecular weight excluding hydrogens is 468 g/mol. The standard InChI is InChI=1S/C22H17F6N3OS/c1-12-7-13(2)30-20(29-12)33-11-14-3-5-15(6-4-14)19(32)31-18-9-16(21(23,24)25)8-17(10-18)22(26,27)28/h3-10H,11H2,1-2H3,(H,31,32). The fraction of sp³-hybridized carbons (Fsp3) is 0.227. The van der Waals surface area contributed by atoms with Gasteiger partial charge < -0.3 is 5.32 Å². The Hall–Kier alpha value is -3.08. The van der Waals surface area contributed by atoms with E-state index in [1.54, 1.807) is 12.1 Å². The smallest absolute Gasteiger partial charge is 0.322 e. The van der Waals surface area contributed by atoms with E-state index < -0.39 is 35.1 Å². The van der Waals surface area contributed by atoms with Crippen LogP contribution in [0.5, 0.6) is 0 Å². The first-order chi connectivity index (χ1) is 15.3. The van der Waals surface area contributed by atoms with E-state index in [2.05, 4.69) is 15.3 Å². The molecule has 1 heterocycles. The molecule has 1 N–H and O–H groups in total. The summed E-state index contributed by atoms with van der Waals surface area (Å²) < 4.78 is 77.9. The number of carbonyl (C=O) groups is 1. The number of aryl methyl sites for hydroxylation is 2. The highest BCUT2D eigenvalue weighted by Gasteiger charge is 2.37. The van der Waals surface area contributed by atoms with Crippen LogP contribution in [-0.4, -0.2) is 15.9 Å². The fourth-order valence-electron chi connectivity index (χ4n) is 2.89. The zero-order chi connectivity index (χ0) is 24.4. The van der Waals surface area contributed by atoms with Gasteiger partial charge in [-0.2, -0.15) is 26.3 Å². The number of anilines is 1. The number of thioether (sulfide) groups is 1. The zero-order valence-electron chi connectivity index (χ0n) is 17.3. The Balaban J connectivity index is 1.73. The van der Waals surface area contributed by atoms with Crippen LogP contribution < -0.4 is 5.32 Å². The molecule has 33 heavy (non-hydrogen) atoms. The van der Waals surface area contributed by atoms with Crippen LogP contribution in [0.3, 0.4) is 0 Å². The van der Waals surface area contributed by atoms with Crippen molar-refractivity contribution >= 4 is 23.4 Å². The lowest BCUT2D eigenvalue weighted by molar-refractivity contribution is -0.143. The summed E-state index contributed by atoms with van der Waals surface area (Å²) in [4.78, 5) is 21.0. The monoisotopic (exact) mass is 485 g/mol. The molecule has 174 valence electrons. The Morgan fingerprint density at radius 1 is 0.848 bits per heavy atom. The summed E-state index contributed by atoms with van der Waals surface area (Å²) in [6.07, 6.45) is -10.0. The van der Waals surface area contributed by atoms with E-state index in [-0.39, 0.29) is 11.6 Å². The molecule has 11 heteroatoms. The van der Waals surface area contributed by atoms with Crippen LogP contribution in [0.1, 0.15) is 38.4 Å². The summed E-state index contributed by atoms with van der Waals surface area (Å²) in [5.41, 5.74) is -1.04. The van der Waals surface area contributed by atoms with Crippen LogP contribution in [0.25, 0.3) is 0 Å². The topological polar surface area (TPSA) is 54.9 Å². The minimum atomic E-state index is -5.00. The number of carbonyl (C=O) groups excluding carboxylic acids is 1. The van der Waals surface area contributed by atoms with Gasteiger partial charge in [0.05, 0.1) is 11.1 Å². The van der Waals surface area contributed by atoms with E-state index in [0.29, 0.717) is 23.0 Å². The average molecular weight is 485 g/mol. The Morgan fingerprint density at radius 2 is 1.36 bits per heavy atom. The van der Waals surface area contributed by atoms with E-state index in [9.17, 15) is 31.1 Å². The average Bonchev–Trinajstić information content (AvgIpc) is 2.70. The summed E-state index contributed by atoms with van der Waals surface area (Å²) in [6.45, 7) is 3.71. The molecule has 3 aromatic rings. The predicted octanol–water partition coefficient (Wildman–Crippen LogP) is 6.68. The number of rotatable bonds is 5. The third kappa shape index (κ3) is 6.70. The Morgan fingerprint density at radius 3 is 1.85 bits per heavy atom. The molecular formula is C22H17F6N3OS. The van der Waals surface area contributed by atoms with Crippen molar-refractivity contribution in [1.29, 1.82) is 0 Å². The third-order valence-electron chi connectivity index (χ3n) is 4.39. The molecule has 1 amide bonds. The Kier molecular flexibility index (Phi) is 7.01. The van der Waals surface area contributed by atoms with E-state index in [1.807, 2.05) is 19.9 Å². The number of halogens is 6. The van der Waals surface area contributed by atoms with E-state index >= 15 is 0 Å². The van der Waals surface area contributed by atoms with Gasteiger partial charge in [-0.1, -0.05) is 23.9 Å². The molecule has 0 unspecified atom stereocenters. The van der Waals surface area contributed by atoms with E-state index in [1.165, 1.54) is 23.9 Å². The molecule has 0 aliphatic rings. The van der Waals surface area contributed by atoms with Crippen LogP contribution in [0, 0.1) is 13.8 Å². The highest BCUT2D eigenvalue weighted by molar-refractivity contribution is 7.98. The molecule has 4 nitrogen and oxygen atoms in total. The molecule has 2 aromatic carbocycles. The number of nitrogens with one attached hydrogen (secondary N) is 1. The number of nitrogens with zero attached hydrogens (tertiary/aromatic N) is 2. The largest absolute Gasteiger partial charge is 0.416 e. The number of amides is 1. The molecule has 0 saturated heterocycles. The highest BCUT2D eigenvalue weighted by atomic mass is 32.2. The molecule has 1 aromatic heterocycles.